The van der Waals surface area contributed by atoms with Crippen LogP contribution in [0, 0.1) is 5.95 Å². The Bertz CT molecular complexity index is 502. The molecule has 2 aromatic rings. The third kappa shape index (κ3) is 1.97. The third-order valence-electron chi connectivity index (χ3n) is 1.95. The van der Waals surface area contributed by atoms with E-state index in [1.54, 1.807) is 18.3 Å². The number of rotatable bonds is 1. The lowest BCUT2D eigenvalue weighted by atomic mass is 10.1. The first-order valence-electron chi connectivity index (χ1n) is 4.19. The highest BCUT2D eigenvalue weighted by molar-refractivity contribution is 9.10. The van der Waals surface area contributed by atoms with Gasteiger partial charge >= 0.3 is 0 Å². The highest BCUT2D eigenvalue weighted by Gasteiger charge is 2.09. The second kappa shape index (κ2) is 3.94. The van der Waals surface area contributed by atoms with E-state index in [4.69, 9.17) is 5.73 Å². The van der Waals surface area contributed by atoms with E-state index >= 15 is 0 Å². The summed E-state index contributed by atoms with van der Waals surface area (Å²) in [4.78, 5) is 7.45. The Morgan fingerprint density at radius 1 is 1.27 bits per heavy atom. The molecule has 2 N–H and O–H groups in total. The summed E-state index contributed by atoms with van der Waals surface area (Å²) in [5.41, 5.74) is 7.09. The van der Waals surface area contributed by atoms with Crippen LogP contribution in [0.1, 0.15) is 0 Å². The van der Waals surface area contributed by atoms with Crippen LogP contribution in [-0.4, -0.2) is 9.97 Å². The predicted molar refractivity (Wildman–Crippen MR) is 59.5 cm³/mol. The molecule has 0 saturated heterocycles. The summed E-state index contributed by atoms with van der Waals surface area (Å²) < 4.78 is 14.1. The summed E-state index contributed by atoms with van der Waals surface area (Å²) in [5, 5.41) is 0. The van der Waals surface area contributed by atoms with Gasteiger partial charge in [0, 0.05) is 28.0 Å². The van der Waals surface area contributed by atoms with Gasteiger partial charge in [0.05, 0.1) is 11.9 Å². The summed E-state index contributed by atoms with van der Waals surface area (Å²) in [5.74, 6) is -0.545. The lowest BCUT2D eigenvalue weighted by Crippen LogP contribution is -1.94. The van der Waals surface area contributed by atoms with E-state index in [9.17, 15) is 4.39 Å². The molecular weight excluding hydrogens is 261 g/mol. The lowest BCUT2D eigenvalue weighted by molar-refractivity contribution is 0.587. The zero-order valence-corrected chi connectivity index (χ0v) is 9.20. The van der Waals surface area contributed by atoms with Crippen LogP contribution < -0.4 is 5.73 Å². The van der Waals surface area contributed by atoms with E-state index in [1.165, 1.54) is 12.4 Å². The van der Waals surface area contributed by atoms with Crippen LogP contribution in [0.5, 0.6) is 0 Å². The van der Waals surface area contributed by atoms with Crippen LogP contribution in [0.15, 0.2) is 35.2 Å². The topological polar surface area (TPSA) is 51.8 Å². The first kappa shape index (κ1) is 10.0. The molecule has 0 radical (unpaired) electrons. The molecule has 0 aliphatic rings. The number of halogens is 2. The molecule has 0 bridgehead atoms. The van der Waals surface area contributed by atoms with Gasteiger partial charge in [-0.1, -0.05) is 0 Å². The Balaban J connectivity index is 2.64. The number of nitrogens with two attached hydrogens (primary N) is 1. The van der Waals surface area contributed by atoms with Crippen molar-refractivity contribution in [3.63, 3.8) is 0 Å². The van der Waals surface area contributed by atoms with Crippen LogP contribution in [-0.2, 0) is 0 Å². The molecule has 3 nitrogen and oxygen atoms in total. The predicted octanol–water partition coefficient (Wildman–Crippen LogP) is 2.63. The average molecular weight is 268 g/mol. The normalized spacial score (nSPS) is 10.3. The van der Waals surface area contributed by atoms with Crippen LogP contribution in [0.4, 0.5) is 10.1 Å². The van der Waals surface area contributed by atoms with E-state index in [1.807, 2.05) is 0 Å². The van der Waals surface area contributed by atoms with Crippen molar-refractivity contribution < 1.29 is 4.39 Å². The molecule has 0 amide bonds. The zero-order valence-electron chi connectivity index (χ0n) is 7.61. The molecule has 0 atom stereocenters. The van der Waals surface area contributed by atoms with Crippen LogP contribution in [0.25, 0.3) is 11.1 Å². The monoisotopic (exact) mass is 267 g/mol. The van der Waals surface area contributed by atoms with Gasteiger partial charge < -0.3 is 5.73 Å². The second-order valence-electron chi connectivity index (χ2n) is 2.95. The minimum Gasteiger partial charge on any atom is -0.397 e. The van der Waals surface area contributed by atoms with E-state index in [0.717, 1.165) is 0 Å². The summed E-state index contributed by atoms with van der Waals surface area (Å²) in [6.45, 7) is 0. The Morgan fingerprint density at radius 2 is 2.07 bits per heavy atom. The first-order chi connectivity index (χ1) is 7.18. The number of pyridine rings is 2. The van der Waals surface area contributed by atoms with Crippen LogP contribution >= 0.6 is 15.9 Å². The molecule has 15 heavy (non-hydrogen) atoms. The minimum atomic E-state index is -0.545. The number of nitrogens with zero attached hydrogens (tertiary/aromatic N) is 2. The second-order valence-corrected chi connectivity index (χ2v) is 3.87. The minimum absolute atomic E-state index is 0.365. The summed E-state index contributed by atoms with van der Waals surface area (Å²) >= 11 is 3.23. The van der Waals surface area contributed by atoms with Crippen molar-refractivity contribution in [3.8, 4) is 11.1 Å². The molecule has 0 aromatic carbocycles. The van der Waals surface area contributed by atoms with Crippen molar-refractivity contribution in [2.24, 2.45) is 0 Å². The Kier molecular flexibility index (Phi) is 2.64. The standard InChI is InChI=1S/C10H7BrFN3/c11-6-3-8(10(12)15-4-6)7-1-2-14-5-9(7)13/h1-5H,13H2. The highest BCUT2D eigenvalue weighted by Crippen LogP contribution is 2.28. The van der Waals surface area contributed by atoms with Gasteiger partial charge in [0.25, 0.3) is 0 Å². The molecular formula is C10H7BrFN3. The van der Waals surface area contributed by atoms with Crippen molar-refractivity contribution in [1.29, 1.82) is 0 Å². The summed E-state index contributed by atoms with van der Waals surface area (Å²) in [6, 6.07) is 3.29. The average Bonchev–Trinajstić information content (AvgIpc) is 2.23. The van der Waals surface area contributed by atoms with E-state index in [0.29, 0.717) is 21.3 Å². The maximum absolute atomic E-state index is 13.4. The molecule has 0 spiro atoms. The molecule has 76 valence electrons. The molecule has 0 saturated carbocycles. The van der Waals surface area contributed by atoms with Crippen molar-refractivity contribution >= 4 is 21.6 Å². The van der Waals surface area contributed by atoms with Crippen LogP contribution in [0.2, 0.25) is 0 Å². The Hall–Kier alpha value is -1.49. The Labute approximate surface area is 94.3 Å². The number of hydrogen-bond donors (Lipinski definition) is 1. The fourth-order valence-corrected chi connectivity index (χ4v) is 1.59. The van der Waals surface area contributed by atoms with Crippen molar-refractivity contribution in [2.45, 2.75) is 0 Å². The molecule has 2 aromatic heterocycles. The van der Waals surface area contributed by atoms with Crippen molar-refractivity contribution in [2.75, 3.05) is 5.73 Å². The van der Waals surface area contributed by atoms with Crippen molar-refractivity contribution in [1.82, 2.24) is 9.97 Å². The molecule has 5 heteroatoms. The van der Waals surface area contributed by atoms with Gasteiger partial charge in [-0.2, -0.15) is 4.39 Å². The maximum Gasteiger partial charge on any atom is 0.220 e. The first-order valence-corrected chi connectivity index (χ1v) is 4.98. The largest absolute Gasteiger partial charge is 0.397 e. The van der Waals surface area contributed by atoms with Gasteiger partial charge in [0.2, 0.25) is 5.95 Å². The quantitative estimate of drug-likeness (QED) is 0.809. The Morgan fingerprint density at radius 3 is 2.80 bits per heavy atom. The lowest BCUT2D eigenvalue weighted by Gasteiger charge is -2.05. The summed E-state index contributed by atoms with van der Waals surface area (Å²) in [7, 11) is 0. The van der Waals surface area contributed by atoms with E-state index in [-0.39, 0.29) is 0 Å². The van der Waals surface area contributed by atoms with Gasteiger partial charge in [-0.15, -0.1) is 0 Å². The van der Waals surface area contributed by atoms with Gasteiger partial charge in [-0.05, 0) is 28.1 Å². The van der Waals surface area contributed by atoms with Crippen molar-refractivity contribution in [3.05, 3.63) is 41.1 Å². The maximum atomic E-state index is 13.4. The van der Waals surface area contributed by atoms with Gasteiger partial charge in [0.15, 0.2) is 0 Å². The number of hydrogen-bond acceptors (Lipinski definition) is 3. The number of nitrogen functional groups attached to an aromatic ring is 1. The molecule has 0 unspecified atom stereocenters. The van der Waals surface area contributed by atoms with Crippen LogP contribution in [0.3, 0.4) is 0 Å². The third-order valence-corrected chi connectivity index (χ3v) is 2.38. The SMILES string of the molecule is Nc1cnccc1-c1cc(Br)cnc1F. The fraction of sp³-hybridized carbons (Fsp3) is 0. The van der Waals surface area contributed by atoms with Gasteiger partial charge in [-0.3, -0.25) is 4.98 Å². The number of aromatic nitrogens is 2. The van der Waals surface area contributed by atoms with E-state index < -0.39 is 5.95 Å². The molecule has 2 heterocycles. The van der Waals surface area contributed by atoms with Gasteiger partial charge in [-0.25, -0.2) is 4.98 Å². The molecule has 0 aliphatic heterocycles. The molecule has 0 aliphatic carbocycles. The summed E-state index contributed by atoms with van der Waals surface area (Å²) in [6.07, 6.45) is 4.44. The highest BCUT2D eigenvalue weighted by atomic mass is 79.9. The van der Waals surface area contributed by atoms with E-state index in [2.05, 4.69) is 25.9 Å². The zero-order chi connectivity index (χ0) is 10.8. The number of anilines is 1. The smallest absolute Gasteiger partial charge is 0.220 e. The molecule has 2 rings (SSSR count). The molecule has 0 fully saturated rings. The fourth-order valence-electron chi connectivity index (χ4n) is 1.26. The van der Waals surface area contributed by atoms with Gasteiger partial charge in [0.1, 0.15) is 0 Å².